The molecular weight excluding hydrogens is 240 g/mol. The highest BCUT2D eigenvalue weighted by Gasteiger charge is 2.27. The van der Waals surface area contributed by atoms with Gasteiger partial charge in [-0.1, -0.05) is 32.3 Å². The number of fused-ring (bicyclic) bond motifs is 1. The van der Waals surface area contributed by atoms with Crippen molar-refractivity contribution in [2.45, 2.75) is 57.1 Å². The lowest BCUT2D eigenvalue weighted by atomic mass is 9.97. The number of rotatable bonds is 3. The Morgan fingerprint density at radius 1 is 1.39 bits per heavy atom. The summed E-state index contributed by atoms with van der Waals surface area (Å²) in [6.07, 6.45) is 11.2. The van der Waals surface area contributed by atoms with E-state index in [4.69, 9.17) is 4.40 Å². The molecule has 2 nitrogen and oxygen atoms in total. The summed E-state index contributed by atoms with van der Waals surface area (Å²) in [6.45, 7) is 8.55. The van der Waals surface area contributed by atoms with Crippen molar-refractivity contribution >= 4 is 17.8 Å². The van der Waals surface area contributed by atoms with Gasteiger partial charge in [-0.25, -0.2) is 4.40 Å². The first-order chi connectivity index (χ1) is 8.85. The third-order valence-corrected chi connectivity index (χ3v) is 4.99. The molecule has 0 N–H and O–H groups in total. The summed E-state index contributed by atoms with van der Waals surface area (Å²) < 4.78 is 4.86. The Labute approximate surface area is 116 Å². The average molecular weight is 266 g/mol. The zero-order valence-electron chi connectivity index (χ0n) is 11.6. The molecule has 2 heterocycles. The Morgan fingerprint density at radius 2 is 2.22 bits per heavy atom. The van der Waals surface area contributed by atoms with Crippen LogP contribution in [-0.4, -0.2) is 29.1 Å². The van der Waals surface area contributed by atoms with Gasteiger partial charge in [-0.2, -0.15) is 0 Å². The molecular formula is C15H26N2S. The van der Waals surface area contributed by atoms with Crippen LogP contribution in [0.25, 0.3) is 0 Å². The monoisotopic (exact) mass is 266 g/mol. The first-order valence-electron chi connectivity index (χ1n) is 7.44. The molecule has 2 unspecified atom stereocenters. The van der Waals surface area contributed by atoms with Crippen molar-refractivity contribution in [3.8, 4) is 0 Å². The van der Waals surface area contributed by atoms with Gasteiger partial charge in [-0.05, 0) is 37.6 Å². The van der Waals surface area contributed by atoms with Crippen LogP contribution in [0.2, 0.25) is 0 Å². The second-order valence-electron chi connectivity index (χ2n) is 5.46. The Kier molecular flexibility index (Phi) is 5.61. The summed E-state index contributed by atoms with van der Waals surface area (Å²) in [5, 5.41) is 0.615. The molecule has 0 aromatic rings. The van der Waals surface area contributed by atoms with Crippen molar-refractivity contribution in [3.63, 3.8) is 0 Å². The first-order valence-corrected chi connectivity index (χ1v) is 8.28. The molecule has 2 atom stereocenters. The van der Waals surface area contributed by atoms with Crippen LogP contribution < -0.4 is 0 Å². The summed E-state index contributed by atoms with van der Waals surface area (Å²) in [6, 6.07) is 0. The summed E-state index contributed by atoms with van der Waals surface area (Å²) in [7, 11) is 0. The minimum absolute atomic E-state index is 0.615. The van der Waals surface area contributed by atoms with E-state index in [-0.39, 0.29) is 0 Å². The quantitative estimate of drug-likeness (QED) is 0.559. The van der Waals surface area contributed by atoms with E-state index in [1.165, 1.54) is 57.5 Å². The fraction of sp³-hybridized carbons (Fsp3) is 0.800. The Bertz CT molecular complexity index is 301. The van der Waals surface area contributed by atoms with Gasteiger partial charge in [0.25, 0.3) is 0 Å². The Morgan fingerprint density at radius 3 is 3.00 bits per heavy atom. The molecule has 3 heteroatoms. The molecule has 102 valence electrons. The molecule has 18 heavy (non-hydrogen) atoms. The number of hydrogen-bond donors (Lipinski definition) is 0. The summed E-state index contributed by atoms with van der Waals surface area (Å²) >= 11 is 1.79. The lowest BCUT2D eigenvalue weighted by Crippen LogP contribution is -2.43. The predicted molar refractivity (Wildman–Crippen MR) is 82.1 cm³/mol. The number of allylic oxidation sites excluding steroid dienone is 1. The van der Waals surface area contributed by atoms with Crippen LogP contribution in [0, 0.1) is 5.92 Å². The van der Waals surface area contributed by atoms with E-state index in [2.05, 4.69) is 18.4 Å². The first kappa shape index (κ1) is 14.0. The van der Waals surface area contributed by atoms with Gasteiger partial charge in [0.05, 0.1) is 0 Å². The largest absolute Gasteiger partial charge is 0.358 e. The SMILES string of the molecule is C=CCC1CN2CCCCCCC(CC)C2=NS1. The molecule has 0 aromatic heterocycles. The Balaban J connectivity index is 2.09. The van der Waals surface area contributed by atoms with Gasteiger partial charge in [-0.3, -0.25) is 0 Å². The van der Waals surface area contributed by atoms with Crippen LogP contribution >= 0.6 is 11.9 Å². The van der Waals surface area contributed by atoms with Crippen LogP contribution in [0.3, 0.4) is 0 Å². The molecule has 0 saturated carbocycles. The fourth-order valence-electron chi connectivity index (χ4n) is 2.96. The van der Waals surface area contributed by atoms with Crippen LogP contribution in [0.4, 0.5) is 0 Å². The van der Waals surface area contributed by atoms with Crippen molar-refractivity contribution in [2.24, 2.45) is 10.3 Å². The molecule has 0 radical (unpaired) electrons. The van der Waals surface area contributed by atoms with E-state index in [9.17, 15) is 0 Å². The Hall–Kier alpha value is -0.440. The third kappa shape index (κ3) is 3.53. The van der Waals surface area contributed by atoms with Crippen LogP contribution in [-0.2, 0) is 0 Å². The topological polar surface area (TPSA) is 15.6 Å². The second kappa shape index (κ2) is 7.22. The van der Waals surface area contributed by atoms with Crippen molar-refractivity contribution in [3.05, 3.63) is 12.7 Å². The maximum Gasteiger partial charge on any atom is 0.116 e. The maximum atomic E-state index is 4.86. The molecule has 0 aliphatic carbocycles. The smallest absolute Gasteiger partial charge is 0.116 e. The minimum atomic E-state index is 0.615. The van der Waals surface area contributed by atoms with Gasteiger partial charge in [0.15, 0.2) is 0 Å². The number of amidine groups is 1. The van der Waals surface area contributed by atoms with E-state index < -0.39 is 0 Å². The number of nitrogens with zero attached hydrogens (tertiary/aromatic N) is 2. The number of hydrogen-bond acceptors (Lipinski definition) is 3. The van der Waals surface area contributed by atoms with Crippen LogP contribution in [0.5, 0.6) is 0 Å². The normalized spacial score (nSPS) is 29.6. The highest BCUT2D eigenvalue weighted by molar-refractivity contribution is 7.98. The summed E-state index contributed by atoms with van der Waals surface area (Å²) in [5.74, 6) is 2.09. The lowest BCUT2D eigenvalue weighted by Gasteiger charge is -2.35. The van der Waals surface area contributed by atoms with Gasteiger partial charge in [0.2, 0.25) is 0 Å². The highest BCUT2D eigenvalue weighted by atomic mass is 32.2. The molecule has 0 spiro atoms. The van der Waals surface area contributed by atoms with Gasteiger partial charge in [0.1, 0.15) is 5.84 Å². The van der Waals surface area contributed by atoms with Crippen LogP contribution in [0.1, 0.15) is 51.9 Å². The molecule has 2 aliphatic heterocycles. The molecule has 2 aliphatic rings. The van der Waals surface area contributed by atoms with Crippen molar-refractivity contribution in [1.82, 2.24) is 4.90 Å². The molecule has 1 fully saturated rings. The van der Waals surface area contributed by atoms with E-state index in [1.807, 2.05) is 6.08 Å². The van der Waals surface area contributed by atoms with E-state index in [1.54, 1.807) is 11.9 Å². The van der Waals surface area contributed by atoms with E-state index in [0.717, 1.165) is 6.42 Å². The van der Waals surface area contributed by atoms with E-state index in [0.29, 0.717) is 11.2 Å². The molecule has 0 amide bonds. The molecule has 2 rings (SSSR count). The van der Waals surface area contributed by atoms with E-state index >= 15 is 0 Å². The maximum absolute atomic E-state index is 4.86. The van der Waals surface area contributed by atoms with Gasteiger partial charge in [0, 0.05) is 24.3 Å². The molecule has 0 aromatic carbocycles. The van der Waals surface area contributed by atoms with Crippen molar-refractivity contribution in [2.75, 3.05) is 13.1 Å². The second-order valence-corrected chi connectivity index (χ2v) is 6.52. The predicted octanol–water partition coefficient (Wildman–Crippen LogP) is 4.28. The zero-order valence-corrected chi connectivity index (χ0v) is 12.4. The summed E-state index contributed by atoms with van der Waals surface area (Å²) in [4.78, 5) is 2.57. The zero-order chi connectivity index (χ0) is 12.8. The highest BCUT2D eigenvalue weighted by Crippen LogP contribution is 2.30. The van der Waals surface area contributed by atoms with Gasteiger partial charge < -0.3 is 4.90 Å². The standard InChI is InChI=1S/C15H26N2S/c1-3-9-14-12-17-11-8-6-5-7-10-13(4-2)15(17)16-18-14/h3,13-14H,1,4-12H2,2H3. The fourth-order valence-corrected chi connectivity index (χ4v) is 3.95. The lowest BCUT2D eigenvalue weighted by molar-refractivity contribution is 0.380. The van der Waals surface area contributed by atoms with Crippen molar-refractivity contribution < 1.29 is 0 Å². The molecule has 1 saturated heterocycles. The summed E-state index contributed by atoms with van der Waals surface area (Å²) in [5.41, 5.74) is 0. The van der Waals surface area contributed by atoms with Gasteiger partial charge in [-0.15, -0.1) is 6.58 Å². The minimum Gasteiger partial charge on any atom is -0.358 e. The average Bonchev–Trinajstić information content (AvgIpc) is 2.48. The van der Waals surface area contributed by atoms with Gasteiger partial charge >= 0.3 is 0 Å². The molecule has 0 bridgehead atoms. The van der Waals surface area contributed by atoms with Crippen LogP contribution in [0.15, 0.2) is 17.1 Å². The third-order valence-electron chi connectivity index (χ3n) is 4.06. The van der Waals surface area contributed by atoms with Crippen molar-refractivity contribution in [1.29, 1.82) is 0 Å².